The van der Waals surface area contributed by atoms with Crippen LogP contribution in [0.1, 0.15) is 36.8 Å². The van der Waals surface area contributed by atoms with E-state index >= 15 is 0 Å². The van der Waals surface area contributed by atoms with Crippen LogP contribution in [0.4, 0.5) is 5.82 Å². The molecule has 1 aromatic rings. The second-order valence-electron chi connectivity index (χ2n) is 5.20. The zero-order valence-corrected chi connectivity index (χ0v) is 12.3. The number of aliphatic hydroxyl groups is 1. The van der Waals surface area contributed by atoms with Crippen molar-refractivity contribution in [1.29, 1.82) is 0 Å². The van der Waals surface area contributed by atoms with Gasteiger partial charge in [0.25, 0.3) is 0 Å². The highest BCUT2D eigenvalue weighted by atomic mass is 35.5. The Kier molecular flexibility index (Phi) is 4.15. The summed E-state index contributed by atoms with van der Waals surface area (Å²) in [6, 6.07) is 0.0975. The van der Waals surface area contributed by atoms with E-state index in [1.807, 2.05) is 11.8 Å². The van der Waals surface area contributed by atoms with Crippen molar-refractivity contribution in [3.63, 3.8) is 0 Å². The maximum absolute atomic E-state index is 10.0. The molecule has 19 heavy (non-hydrogen) atoms. The van der Waals surface area contributed by atoms with Crippen LogP contribution < -0.4 is 5.32 Å². The van der Waals surface area contributed by atoms with E-state index in [4.69, 9.17) is 11.6 Å². The molecule has 2 heterocycles. The van der Waals surface area contributed by atoms with Crippen LogP contribution in [0.5, 0.6) is 0 Å². The molecule has 0 aromatic carbocycles. The molecule has 1 aliphatic carbocycles. The molecule has 0 bridgehead atoms. The van der Waals surface area contributed by atoms with Crippen molar-refractivity contribution < 1.29 is 5.11 Å². The third-order valence-electron chi connectivity index (χ3n) is 3.93. The number of thioether (sulfide) groups is 1. The van der Waals surface area contributed by atoms with Gasteiger partial charge in [-0.05, 0) is 30.6 Å². The van der Waals surface area contributed by atoms with E-state index in [2.05, 4.69) is 15.5 Å². The molecule has 6 heteroatoms. The predicted molar refractivity (Wildman–Crippen MR) is 78.8 cm³/mol. The number of nitrogens with zero attached hydrogens (tertiary/aromatic N) is 2. The third-order valence-corrected chi connectivity index (χ3v) is 5.22. The molecule has 0 unspecified atom stereocenters. The Bertz CT molecular complexity index is 471. The van der Waals surface area contributed by atoms with E-state index in [9.17, 15) is 5.11 Å². The predicted octanol–water partition coefficient (Wildman–Crippen LogP) is 2.63. The van der Waals surface area contributed by atoms with Gasteiger partial charge in [0.15, 0.2) is 11.0 Å². The van der Waals surface area contributed by atoms with Crippen molar-refractivity contribution in [3.8, 4) is 0 Å². The van der Waals surface area contributed by atoms with Crippen LogP contribution in [0.2, 0.25) is 5.15 Å². The molecule has 104 valence electrons. The van der Waals surface area contributed by atoms with E-state index < -0.39 is 0 Å². The number of halogens is 1. The average Bonchev–Trinajstić information content (AvgIpc) is 2.44. The molecule has 2 N–H and O–H groups in total. The number of hydrogen-bond donors (Lipinski definition) is 2. The van der Waals surface area contributed by atoms with E-state index in [-0.39, 0.29) is 12.1 Å². The van der Waals surface area contributed by atoms with Gasteiger partial charge in [0.2, 0.25) is 0 Å². The normalized spacial score (nSPS) is 26.8. The maximum atomic E-state index is 10.0. The zero-order valence-electron chi connectivity index (χ0n) is 10.7. The highest BCUT2D eigenvalue weighted by Gasteiger charge is 2.26. The summed E-state index contributed by atoms with van der Waals surface area (Å²) in [5.41, 5.74) is 2.30. The lowest BCUT2D eigenvalue weighted by Crippen LogP contribution is -2.37. The third kappa shape index (κ3) is 2.83. The Morgan fingerprint density at radius 2 is 2.05 bits per heavy atom. The fourth-order valence-corrected chi connectivity index (χ4v) is 4.07. The van der Waals surface area contributed by atoms with Gasteiger partial charge < -0.3 is 10.4 Å². The summed E-state index contributed by atoms with van der Waals surface area (Å²) >= 11 is 8.02. The molecule has 4 nitrogen and oxygen atoms in total. The average molecular weight is 300 g/mol. The molecule has 2 aliphatic rings. The number of anilines is 1. The van der Waals surface area contributed by atoms with Crippen LogP contribution in [0.15, 0.2) is 0 Å². The molecule has 0 saturated heterocycles. The standard InChI is InChI=1S/C13H18ClN3OS/c14-12-8-5-6-19-7-9(8)13(17-16-12)15-10-3-1-2-4-11(10)18/h10-11,18H,1-7H2,(H,15,17)/t10-,11-/m1/s1. The van der Waals surface area contributed by atoms with Crippen LogP contribution in [0.3, 0.4) is 0 Å². The van der Waals surface area contributed by atoms with Gasteiger partial charge in [-0.2, -0.15) is 11.8 Å². The number of nitrogens with one attached hydrogen (secondary N) is 1. The molecule has 1 aliphatic heterocycles. The zero-order chi connectivity index (χ0) is 13.2. The van der Waals surface area contributed by atoms with Gasteiger partial charge in [0.05, 0.1) is 12.1 Å². The van der Waals surface area contributed by atoms with E-state index in [1.165, 1.54) is 5.56 Å². The first kappa shape index (κ1) is 13.5. The first-order chi connectivity index (χ1) is 9.25. The molecule has 3 rings (SSSR count). The minimum Gasteiger partial charge on any atom is -0.391 e. The van der Waals surface area contributed by atoms with Gasteiger partial charge in [-0.1, -0.05) is 24.4 Å². The Labute approximate surface area is 122 Å². The number of hydrogen-bond acceptors (Lipinski definition) is 5. The first-order valence-corrected chi connectivity index (χ1v) is 8.35. The number of rotatable bonds is 2. The minimum atomic E-state index is -0.280. The summed E-state index contributed by atoms with van der Waals surface area (Å²) in [7, 11) is 0. The molecule has 0 radical (unpaired) electrons. The van der Waals surface area contributed by atoms with Crippen molar-refractivity contribution in [3.05, 3.63) is 16.3 Å². The summed E-state index contributed by atoms with van der Waals surface area (Å²) in [4.78, 5) is 0. The Morgan fingerprint density at radius 1 is 1.21 bits per heavy atom. The summed E-state index contributed by atoms with van der Waals surface area (Å²) in [6.07, 6.45) is 4.81. The Balaban J connectivity index is 1.84. The van der Waals surface area contributed by atoms with Gasteiger partial charge >= 0.3 is 0 Å². The number of fused-ring (bicyclic) bond motifs is 1. The summed E-state index contributed by atoms with van der Waals surface area (Å²) in [6.45, 7) is 0. The summed E-state index contributed by atoms with van der Waals surface area (Å²) in [5.74, 6) is 2.83. The van der Waals surface area contributed by atoms with Crippen molar-refractivity contribution in [1.82, 2.24) is 10.2 Å². The Hall–Kier alpha value is -0.520. The Morgan fingerprint density at radius 3 is 2.89 bits per heavy atom. The molecule has 0 spiro atoms. The van der Waals surface area contributed by atoms with E-state index in [1.54, 1.807) is 0 Å². The molecular formula is C13H18ClN3OS. The van der Waals surface area contributed by atoms with E-state index in [0.29, 0.717) is 5.15 Å². The fourth-order valence-electron chi connectivity index (χ4n) is 2.81. The highest BCUT2D eigenvalue weighted by Crippen LogP contribution is 2.33. The molecule has 0 amide bonds. The fraction of sp³-hybridized carbons (Fsp3) is 0.692. The van der Waals surface area contributed by atoms with E-state index in [0.717, 1.165) is 55.0 Å². The van der Waals surface area contributed by atoms with Gasteiger partial charge in [-0.25, -0.2) is 0 Å². The van der Waals surface area contributed by atoms with Crippen LogP contribution in [0.25, 0.3) is 0 Å². The van der Waals surface area contributed by atoms with Crippen LogP contribution in [0, 0.1) is 0 Å². The topological polar surface area (TPSA) is 58.0 Å². The van der Waals surface area contributed by atoms with Gasteiger partial charge in [0, 0.05) is 11.3 Å². The molecular weight excluding hydrogens is 282 g/mol. The van der Waals surface area contributed by atoms with Crippen molar-refractivity contribution in [2.45, 2.75) is 50.0 Å². The summed E-state index contributed by atoms with van der Waals surface area (Å²) in [5, 5.41) is 22.2. The lowest BCUT2D eigenvalue weighted by atomic mass is 9.92. The maximum Gasteiger partial charge on any atom is 0.155 e. The quantitative estimate of drug-likeness (QED) is 0.879. The van der Waals surface area contributed by atoms with Crippen molar-refractivity contribution >= 4 is 29.2 Å². The molecule has 2 atom stereocenters. The minimum absolute atomic E-state index is 0.0975. The second-order valence-corrected chi connectivity index (χ2v) is 6.66. The first-order valence-electron chi connectivity index (χ1n) is 6.82. The lowest BCUT2D eigenvalue weighted by molar-refractivity contribution is 0.116. The SMILES string of the molecule is O[C@@H]1CCCC[C@H]1Nc1nnc(Cl)c2c1CSCC2. The summed E-state index contributed by atoms with van der Waals surface area (Å²) < 4.78 is 0. The second kappa shape index (κ2) is 5.85. The molecule has 1 fully saturated rings. The molecule has 1 aromatic heterocycles. The van der Waals surface area contributed by atoms with Gasteiger partial charge in [0.1, 0.15) is 0 Å². The monoisotopic (exact) mass is 299 g/mol. The number of aromatic nitrogens is 2. The van der Waals surface area contributed by atoms with Crippen molar-refractivity contribution in [2.75, 3.05) is 11.1 Å². The van der Waals surface area contributed by atoms with Gasteiger partial charge in [-0.15, -0.1) is 10.2 Å². The molecule has 1 saturated carbocycles. The number of aliphatic hydroxyl groups excluding tert-OH is 1. The van der Waals surface area contributed by atoms with Gasteiger partial charge in [-0.3, -0.25) is 0 Å². The highest BCUT2D eigenvalue weighted by molar-refractivity contribution is 7.98. The van der Waals surface area contributed by atoms with Crippen LogP contribution >= 0.6 is 23.4 Å². The van der Waals surface area contributed by atoms with Crippen molar-refractivity contribution in [2.24, 2.45) is 0 Å². The smallest absolute Gasteiger partial charge is 0.155 e. The lowest BCUT2D eigenvalue weighted by Gasteiger charge is -2.30. The van der Waals surface area contributed by atoms with Crippen LogP contribution in [-0.4, -0.2) is 33.2 Å². The largest absolute Gasteiger partial charge is 0.391 e. The van der Waals surface area contributed by atoms with Crippen LogP contribution in [-0.2, 0) is 12.2 Å².